The summed E-state index contributed by atoms with van der Waals surface area (Å²) in [6, 6.07) is 4.87. The minimum atomic E-state index is -0.520. The molecule has 1 amide bonds. The van der Waals surface area contributed by atoms with Gasteiger partial charge in [0.15, 0.2) is 6.61 Å². The molecule has 0 radical (unpaired) electrons. The largest absolute Gasteiger partial charge is 0.452 e. The number of nitrogen functional groups attached to an aromatic ring is 1. The molecule has 0 aliphatic carbocycles. The number of hydrogen-bond acceptors (Lipinski definition) is 4. The molecule has 0 unspecified atom stereocenters. The lowest BCUT2D eigenvalue weighted by Gasteiger charge is -2.07. The van der Waals surface area contributed by atoms with Crippen molar-refractivity contribution >= 4 is 17.6 Å². The highest BCUT2D eigenvalue weighted by molar-refractivity contribution is 5.92. The van der Waals surface area contributed by atoms with Gasteiger partial charge >= 0.3 is 5.97 Å². The van der Waals surface area contributed by atoms with E-state index in [1.54, 1.807) is 18.2 Å². The molecule has 1 aromatic carbocycles. The maximum absolute atomic E-state index is 11.7. The van der Waals surface area contributed by atoms with Gasteiger partial charge in [0.05, 0.1) is 5.56 Å². The number of aryl methyl sites for hydroxylation is 1. The van der Waals surface area contributed by atoms with Crippen LogP contribution in [0.2, 0.25) is 0 Å². The molecule has 5 heteroatoms. The predicted molar refractivity (Wildman–Crippen MR) is 73.8 cm³/mol. The highest BCUT2D eigenvalue weighted by Gasteiger charge is 2.10. The van der Waals surface area contributed by atoms with Crippen LogP contribution in [0.25, 0.3) is 0 Å². The van der Waals surface area contributed by atoms with E-state index in [4.69, 9.17) is 10.5 Å². The standard InChI is InChI=1S/C14H20N2O3/c1-3-4-7-16-13(17)9-19-14(18)11-5-6-12(15)10(2)8-11/h5-6,8H,3-4,7,9,15H2,1-2H3,(H,16,17). The maximum atomic E-state index is 11.7. The highest BCUT2D eigenvalue weighted by atomic mass is 16.5. The number of esters is 1. The van der Waals surface area contributed by atoms with Crippen LogP contribution in [0.15, 0.2) is 18.2 Å². The number of rotatable bonds is 6. The summed E-state index contributed by atoms with van der Waals surface area (Å²) in [6.45, 7) is 4.19. The van der Waals surface area contributed by atoms with Gasteiger partial charge in [-0.3, -0.25) is 4.79 Å². The lowest BCUT2D eigenvalue weighted by molar-refractivity contribution is -0.124. The Labute approximate surface area is 113 Å². The van der Waals surface area contributed by atoms with Crippen molar-refractivity contribution in [2.45, 2.75) is 26.7 Å². The van der Waals surface area contributed by atoms with Gasteiger partial charge in [0.2, 0.25) is 0 Å². The zero-order chi connectivity index (χ0) is 14.3. The molecule has 0 heterocycles. The predicted octanol–water partition coefficient (Wildman–Crippen LogP) is 1.65. The van der Waals surface area contributed by atoms with Crippen LogP contribution in [0, 0.1) is 6.92 Å². The molecule has 0 aromatic heterocycles. The van der Waals surface area contributed by atoms with Crippen molar-refractivity contribution in [3.63, 3.8) is 0 Å². The Morgan fingerprint density at radius 2 is 2.11 bits per heavy atom. The Morgan fingerprint density at radius 1 is 1.37 bits per heavy atom. The van der Waals surface area contributed by atoms with E-state index in [9.17, 15) is 9.59 Å². The second-order valence-corrected chi connectivity index (χ2v) is 4.35. The Balaban J connectivity index is 2.42. The fourth-order valence-corrected chi connectivity index (χ4v) is 1.47. The van der Waals surface area contributed by atoms with E-state index < -0.39 is 5.97 Å². The molecule has 0 bridgehead atoms. The van der Waals surface area contributed by atoms with Crippen molar-refractivity contribution in [1.82, 2.24) is 5.32 Å². The lowest BCUT2D eigenvalue weighted by Crippen LogP contribution is -2.29. The summed E-state index contributed by atoms with van der Waals surface area (Å²) in [4.78, 5) is 23.1. The van der Waals surface area contributed by atoms with Crippen LogP contribution >= 0.6 is 0 Å². The van der Waals surface area contributed by atoms with Crippen LogP contribution in [-0.4, -0.2) is 25.0 Å². The first-order valence-electron chi connectivity index (χ1n) is 6.34. The molecule has 0 aliphatic heterocycles. The number of benzene rings is 1. The van der Waals surface area contributed by atoms with Crippen molar-refractivity contribution in [3.8, 4) is 0 Å². The number of carbonyl (C=O) groups is 2. The Morgan fingerprint density at radius 3 is 2.74 bits per heavy atom. The van der Waals surface area contributed by atoms with Gasteiger partial charge in [-0.1, -0.05) is 13.3 Å². The second kappa shape index (κ2) is 7.41. The number of anilines is 1. The molecular weight excluding hydrogens is 244 g/mol. The van der Waals surface area contributed by atoms with Gasteiger partial charge in [0, 0.05) is 12.2 Å². The number of ether oxygens (including phenoxy) is 1. The topological polar surface area (TPSA) is 81.4 Å². The number of hydrogen-bond donors (Lipinski definition) is 2. The Hall–Kier alpha value is -2.04. The van der Waals surface area contributed by atoms with Crippen LogP contribution in [0.4, 0.5) is 5.69 Å². The van der Waals surface area contributed by atoms with Crippen LogP contribution in [-0.2, 0) is 9.53 Å². The van der Waals surface area contributed by atoms with Gasteiger partial charge in [-0.15, -0.1) is 0 Å². The van der Waals surface area contributed by atoms with E-state index in [1.165, 1.54) is 0 Å². The SMILES string of the molecule is CCCCNC(=O)COC(=O)c1ccc(N)c(C)c1. The third-order valence-electron chi connectivity index (χ3n) is 2.69. The molecule has 19 heavy (non-hydrogen) atoms. The van der Waals surface area contributed by atoms with E-state index in [2.05, 4.69) is 5.32 Å². The van der Waals surface area contributed by atoms with Crippen molar-refractivity contribution in [1.29, 1.82) is 0 Å². The molecule has 1 aromatic rings. The molecule has 104 valence electrons. The molecule has 0 spiro atoms. The normalized spacial score (nSPS) is 10.0. The molecular formula is C14H20N2O3. The third kappa shape index (κ3) is 4.99. The van der Waals surface area contributed by atoms with Crippen molar-refractivity contribution in [2.24, 2.45) is 0 Å². The summed E-state index contributed by atoms with van der Waals surface area (Å²) in [5, 5.41) is 2.67. The molecule has 0 saturated heterocycles. The first kappa shape index (κ1) is 15.0. The molecule has 0 atom stereocenters. The number of nitrogens with one attached hydrogen (secondary N) is 1. The van der Waals surface area contributed by atoms with Gasteiger partial charge < -0.3 is 15.8 Å². The first-order valence-corrected chi connectivity index (χ1v) is 6.34. The van der Waals surface area contributed by atoms with E-state index in [0.29, 0.717) is 17.8 Å². The molecule has 0 saturated carbocycles. The third-order valence-corrected chi connectivity index (χ3v) is 2.69. The quantitative estimate of drug-likeness (QED) is 0.465. The van der Waals surface area contributed by atoms with Crippen LogP contribution in [0.1, 0.15) is 35.7 Å². The van der Waals surface area contributed by atoms with Gasteiger partial charge in [-0.05, 0) is 37.1 Å². The number of unbranched alkanes of at least 4 members (excludes halogenated alkanes) is 1. The molecule has 0 aliphatic rings. The highest BCUT2D eigenvalue weighted by Crippen LogP contribution is 2.13. The van der Waals surface area contributed by atoms with Crippen molar-refractivity contribution < 1.29 is 14.3 Å². The Kier molecular flexibility index (Phi) is 5.85. The van der Waals surface area contributed by atoms with E-state index in [-0.39, 0.29) is 12.5 Å². The Bertz CT molecular complexity index is 458. The summed E-state index contributed by atoms with van der Waals surface area (Å²) >= 11 is 0. The summed E-state index contributed by atoms with van der Waals surface area (Å²) in [5.41, 5.74) is 7.49. The first-order chi connectivity index (χ1) is 9.04. The summed E-state index contributed by atoms with van der Waals surface area (Å²) in [6.07, 6.45) is 1.92. The van der Waals surface area contributed by atoms with Gasteiger partial charge in [0.25, 0.3) is 5.91 Å². The zero-order valence-corrected chi connectivity index (χ0v) is 11.4. The minimum absolute atomic E-state index is 0.258. The van der Waals surface area contributed by atoms with Crippen LogP contribution < -0.4 is 11.1 Å². The van der Waals surface area contributed by atoms with E-state index in [0.717, 1.165) is 18.4 Å². The molecule has 3 N–H and O–H groups in total. The number of carbonyl (C=O) groups excluding carboxylic acids is 2. The fourth-order valence-electron chi connectivity index (χ4n) is 1.47. The van der Waals surface area contributed by atoms with Gasteiger partial charge in [-0.2, -0.15) is 0 Å². The number of nitrogens with two attached hydrogens (primary N) is 1. The van der Waals surface area contributed by atoms with Gasteiger partial charge in [-0.25, -0.2) is 4.79 Å². The lowest BCUT2D eigenvalue weighted by atomic mass is 10.1. The fraction of sp³-hybridized carbons (Fsp3) is 0.429. The molecule has 0 fully saturated rings. The maximum Gasteiger partial charge on any atom is 0.338 e. The van der Waals surface area contributed by atoms with E-state index >= 15 is 0 Å². The van der Waals surface area contributed by atoms with Crippen molar-refractivity contribution in [3.05, 3.63) is 29.3 Å². The summed E-state index contributed by atoms with van der Waals surface area (Å²) in [7, 11) is 0. The van der Waals surface area contributed by atoms with Gasteiger partial charge in [0.1, 0.15) is 0 Å². The summed E-state index contributed by atoms with van der Waals surface area (Å²) in [5.74, 6) is -0.803. The van der Waals surface area contributed by atoms with Crippen LogP contribution in [0.3, 0.4) is 0 Å². The van der Waals surface area contributed by atoms with E-state index in [1.807, 2.05) is 13.8 Å². The number of amides is 1. The van der Waals surface area contributed by atoms with Crippen LogP contribution in [0.5, 0.6) is 0 Å². The average molecular weight is 264 g/mol. The molecule has 5 nitrogen and oxygen atoms in total. The molecule has 1 rings (SSSR count). The smallest absolute Gasteiger partial charge is 0.338 e. The average Bonchev–Trinajstić information content (AvgIpc) is 2.39. The minimum Gasteiger partial charge on any atom is -0.452 e. The zero-order valence-electron chi connectivity index (χ0n) is 11.4. The second-order valence-electron chi connectivity index (χ2n) is 4.35. The monoisotopic (exact) mass is 264 g/mol. The van der Waals surface area contributed by atoms with Crippen molar-refractivity contribution in [2.75, 3.05) is 18.9 Å². The summed E-state index contributed by atoms with van der Waals surface area (Å²) < 4.78 is 4.92.